The number of hydrogen-bond acceptors (Lipinski definition) is 7. The molecular formula is C15H22N4O3S. The van der Waals surface area contributed by atoms with Crippen LogP contribution in [0.2, 0.25) is 0 Å². The minimum Gasteiger partial charge on any atom is -0.492 e. The first-order valence-electron chi connectivity index (χ1n) is 7.54. The first-order valence-corrected chi connectivity index (χ1v) is 8.93. The van der Waals surface area contributed by atoms with E-state index in [1.807, 2.05) is 20.0 Å². The molecule has 7 nitrogen and oxygen atoms in total. The van der Waals surface area contributed by atoms with Gasteiger partial charge in [-0.1, -0.05) is 0 Å². The summed E-state index contributed by atoms with van der Waals surface area (Å²) in [5, 5.41) is 13.3. The molecule has 1 aliphatic rings. The SMILES string of the molecule is CSC[C@@H](NCc1c[nH]c2c(O)ncnc12)[C@@H]1COC(C)(C)O1. The summed E-state index contributed by atoms with van der Waals surface area (Å²) < 4.78 is 11.6. The first-order chi connectivity index (χ1) is 11.0. The fourth-order valence-corrected chi connectivity index (χ4v) is 3.44. The number of fused-ring (bicyclic) bond motifs is 1. The molecule has 1 aliphatic heterocycles. The van der Waals surface area contributed by atoms with E-state index in [0.717, 1.165) is 16.8 Å². The third kappa shape index (κ3) is 3.60. The molecule has 3 N–H and O–H groups in total. The molecule has 0 bridgehead atoms. The molecular weight excluding hydrogens is 316 g/mol. The molecule has 3 heterocycles. The van der Waals surface area contributed by atoms with Gasteiger partial charge < -0.3 is 24.9 Å². The molecule has 0 saturated carbocycles. The van der Waals surface area contributed by atoms with Crippen molar-refractivity contribution in [1.29, 1.82) is 0 Å². The van der Waals surface area contributed by atoms with Gasteiger partial charge in [-0.25, -0.2) is 9.97 Å². The van der Waals surface area contributed by atoms with Crippen LogP contribution in [0.15, 0.2) is 12.5 Å². The first kappa shape index (κ1) is 16.5. The maximum Gasteiger partial charge on any atom is 0.239 e. The molecule has 0 unspecified atom stereocenters. The Balaban J connectivity index is 1.70. The lowest BCUT2D eigenvalue weighted by molar-refractivity contribution is -0.141. The lowest BCUT2D eigenvalue weighted by Gasteiger charge is -2.24. The van der Waals surface area contributed by atoms with Crippen molar-refractivity contribution in [2.45, 2.75) is 38.3 Å². The zero-order valence-electron chi connectivity index (χ0n) is 13.5. The maximum absolute atomic E-state index is 9.73. The Bertz CT molecular complexity index is 676. The number of aromatic hydroxyl groups is 1. The van der Waals surface area contributed by atoms with E-state index in [-0.39, 0.29) is 18.0 Å². The van der Waals surface area contributed by atoms with E-state index in [1.54, 1.807) is 11.8 Å². The van der Waals surface area contributed by atoms with E-state index in [1.165, 1.54) is 6.33 Å². The summed E-state index contributed by atoms with van der Waals surface area (Å²) in [6.07, 6.45) is 5.31. The number of thioether (sulfide) groups is 1. The topological polar surface area (TPSA) is 92.3 Å². The molecule has 1 saturated heterocycles. The van der Waals surface area contributed by atoms with Crippen molar-refractivity contribution in [2.75, 3.05) is 18.6 Å². The molecule has 3 rings (SSSR count). The van der Waals surface area contributed by atoms with Crippen LogP contribution in [-0.4, -0.2) is 56.6 Å². The Labute approximate surface area is 139 Å². The van der Waals surface area contributed by atoms with Gasteiger partial charge in [0.15, 0.2) is 5.79 Å². The number of rotatable bonds is 6. The summed E-state index contributed by atoms with van der Waals surface area (Å²) in [6.45, 7) is 5.08. The zero-order chi connectivity index (χ0) is 16.4. The highest BCUT2D eigenvalue weighted by molar-refractivity contribution is 7.98. The number of hydrogen-bond donors (Lipinski definition) is 3. The molecule has 0 spiro atoms. The van der Waals surface area contributed by atoms with Gasteiger partial charge in [0.2, 0.25) is 5.88 Å². The molecule has 8 heteroatoms. The van der Waals surface area contributed by atoms with Gasteiger partial charge in [0.1, 0.15) is 17.9 Å². The second kappa shape index (κ2) is 6.64. The Morgan fingerprint density at radius 1 is 1.52 bits per heavy atom. The summed E-state index contributed by atoms with van der Waals surface area (Å²) in [6, 6.07) is 0.173. The molecule has 2 aromatic rings. The highest BCUT2D eigenvalue weighted by Crippen LogP contribution is 2.26. The molecule has 0 aliphatic carbocycles. The molecule has 2 atom stereocenters. The fraction of sp³-hybridized carbons (Fsp3) is 0.600. The van der Waals surface area contributed by atoms with E-state index in [0.29, 0.717) is 18.7 Å². The van der Waals surface area contributed by atoms with Crippen LogP contribution < -0.4 is 5.32 Å². The summed E-state index contributed by atoms with van der Waals surface area (Å²) >= 11 is 1.77. The highest BCUT2D eigenvalue weighted by Gasteiger charge is 2.37. The van der Waals surface area contributed by atoms with Gasteiger partial charge in [0.25, 0.3) is 0 Å². The van der Waals surface area contributed by atoms with Crippen LogP contribution in [0.3, 0.4) is 0 Å². The van der Waals surface area contributed by atoms with Crippen molar-refractivity contribution in [2.24, 2.45) is 0 Å². The van der Waals surface area contributed by atoms with Crippen LogP contribution in [0.4, 0.5) is 0 Å². The van der Waals surface area contributed by atoms with Crippen molar-refractivity contribution in [3.63, 3.8) is 0 Å². The lowest BCUT2D eigenvalue weighted by atomic mass is 10.2. The third-order valence-electron chi connectivity index (χ3n) is 3.90. The van der Waals surface area contributed by atoms with Gasteiger partial charge in [0, 0.05) is 30.1 Å². The average Bonchev–Trinajstić information content (AvgIpc) is 3.08. The fourth-order valence-electron chi connectivity index (χ4n) is 2.75. The Hall–Kier alpha value is -1.35. The lowest BCUT2D eigenvalue weighted by Crippen LogP contribution is -2.43. The molecule has 2 aromatic heterocycles. The van der Waals surface area contributed by atoms with Crippen LogP contribution in [0.25, 0.3) is 11.0 Å². The summed E-state index contributed by atoms with van der Waals surface area (Å²) in [5.74, 6) is 0.367. The minimum atomic E-state index is -0.525. The van der Waals surface area contributed by atoms with Crippen LogP contribution in [0.5, 0.6) is 5.88 Å². The molecule has 0 aromatic carbocycles. The number of aromatic nitrogens is 3. The standard InChI is InChI=1S/C15H22N4O3S/c1-15(2)21-6-11(22-15)10(7-23-3)16-4-9-5-17-13-12(9)18-8-19-14(13)20/h5,8,10-11,16-17H,4,6-7H2,1-3H3,(H,18,19,20)/t10-,11+/m1/s1. The molecule has 0 radical (unpaired) electrons. The second-order valence-electron chi connectivity index (χ2n) is 6.04. The number of ether oxygens (including phenoxy) is 2. The average molecular weight is 338 g/mol. The second-order valence-corrected chi connectivity index (χ2v) is 6.96. The van der Waals surface area contributed by atoms with Crippen molar-refractivity contribution in [1.82, 2.24) is 20.3 Å². The van der Waals surface area contributed by atoms with E-state index in [9.17, 15) is 5.11 Å². The highest BCUT2D eigenvalue weighted by atomic mass is 32.2. The molecule has 23 heavy (non-hydrogen) atoms. The Morgan fingerprint density at radius 2 is 2.35 bits per heavy atom. The predicted molar refractivity (Wildman–Crippen MR) is 89.5 cm³/mol. The van der Waals surface area contributed by atoms with E-state index in [2.05, 4.69) is 26.5 Å². The van der Waals surface area contributed by atoms with Crippen LogP contribution in [-0.2, 0) is 16.0 Å². The smallest absolute Gasteiger partial charge is 0.239 e. The molecule has 126 valence electrons. The van der Waals surface area contributed by atoms with Crippen LogP contribution in [0, 0.1) is 0 Å². The summed E-state index contributed by atoms with van der Waals surface area (Å²) in [5.41, 5.74) is 2.28. The van der Waals surface area contributed by atoms with Gasteiger partial charge in [-0.2, -0.15) is 11.8 Å². The number of nitrogens with one attached hydrogen (secondary N) is 2. The summed E-state index contributed by atoms with van der Waals surface area (Å²) in [7, 11) is 0. The van der Waals surface area contributed by atoms with E-state index < -0.39 is 5.79 Å². The van der Waals surface area contributed by atoms with Crippen molar-refractivity contribution < 1.29 is 14.6 Å². The molecule has 1 fully saturated rings. The Morgan fingerprint density at radius 3 is 3.04 bits per heavy atom. The van der Waals surface area contributed by atoms with E-state index in [4.69, 9.17) is 9.47 Å². The van der Waals surface area contributed by atoms with Gasteiger partial charge >= 0.3 is 0 Å². The Kier molecular flexibility index (Phi) is 4.77. The monoisotopic (exact) mass is 338 g/mol. The number of nitrogens with zero attached hydrogens (tertiary/aromatic N) is 2. The van der Waals surface area contributed by atoms with Crippen LogP contribution in [0.1, 0.15) is 19.4 Å². The van der Waals surface area contributed by atoms with Gasteiger partial charge in [-0.3, -0.25) is 0 Å². The number of H-pyrrole nitrogens is 1. The van der Waals surface area contributed by atoms with Crippen molar-refractivity contribution >= 4 is 22.8 Å². The zero-order valence-corrected chi connectivity index (χ0v) is 14.3. The minimum absolute atomic E-state index is 0.0192. The normalized spacial score (nSPS) is 21.8. The van der Waals surface area contributed by atoms with Crippen molar-refractivity contribution in [3.05, 3.63) is 18.1 Å². The largest absolute Gasteiger partial charge is 0.492 e. The predicted octanol–water partition coefficient (Wildman–Crippen LogP) is 1.64. The maximum atomic E-state index is 9.73. The van der Waals surface area contributed by atoms with Crippen molar-refractivity contribution in [3.8, 4) is 5.88 Å². The van der Waals surface area contributed by atoms with E-state index >= 15 is 0 Å². The number of aromatic amines is 1. The molecule has 0 amide bonds. The van der Waals surface area contributed by atoms with Gasteiger partial charge in [-0.05, 0) is 20.1 Å². The van der Waals surface area contributed by atoms with Crippen LogP contribution >= 0.6 is 11.8 Å². The van der Waals surface area contributed by atoms with Gasteiger partial charge in [0.05, 0.1) is 12.1 Å². The summed E-state index contributed by atoms with van der Waals surface area (Å²) in [4.78, 5) is 11.0. The quantitative estimate of drug-likeness (QED) is 0.737. The van der Waals surface area contributed by atoms with Gasteiger partial charge in [-0.15, -0.1) is 0 Å². The third-order valence-corrected chi connectivity index (χ3v) is 4.59.